The highest BCUT2D eigenvalue weighted by molar-refractivity contribution is 5.57. The highest BCUT2D eigenvalue weighted by Gasteiger charge is 2.09. The average Bonchev–Trinajstić information content (AvgIpc) is 2.43. The number of hydrogen-bond acceptors (Lipinski definition) is 3. The maximum atomic E-state index is 5.75. The van der Waals surface area contributed by atoms with E-state index in [0.717, 1.165) is 18.6 Å². The van der Waals surface area contributed by atoms with Crippen molar-refractivity contribution in [1.29, 1.82) is 0 Å². The molecule has 98 valence electrons. The SMILES string of the molecule is COCC(COc1ccc2c(c1)CCC=C2)OC. The lowest BCUT2D eigenvalue weighted by molar-refractivity contribution is 0.000862. The molecule has 0 N–H and O–H groups in total. The van der Waals surface area contributed by atoms with Crippen LogP contribution < -0.4 is 4.74 Å². The molecule has 1 aromatic carbocycles. The monoisotopic (exact) mass is 248 g/mol. The number of fused-ring (bicyclic) bond motifs is 1. The van der Waals surface area contributed by atoms with Gasteiger partial charge in [-0.1, -0.05) is 18.2 Å². The van der Waals surface area contributed by atoms with Gasteiger partial charge in [0.1, 0.15) is 18.5 Å². The van der Waals surface area contributed by atoms with Crippen molar-refractivity contribution in [2.24, 2.45) is 0 Å². The zero-order valence-corrected chi connectivity index (χ0v) is 11.0. The molecule has 0 aromatic heterocycles. The first kappa shape index (κ1) is 13.1. The van der Waals surface area contributed by atoms with E-state index >= 15 is 0 Å². The lowest BCUT2D eigenvalue weighted by Gasteiger charge is -2.17. The molecule has 0 amide bonds. The van der Waals surface area contributed by atoms with E-state index in [1.54, 1.807) is 14.2 Å². The van der Waals surface area contributed by atoms with Gasteiger partial charge in [-0.15, -0.1) is 0 Å². The van der Waals surface area contributed by atoms with Crippen molar-refractivity contribution in [3.8, 4) is 5.75 Å². The van der Waals surface area contributed by atoms with Gasteiger partial charge in [-0.25, -0.2) is 0 Å². The van der Waals surface area contributed by atoms with Crippen LogP contribution in [-0.4, -0.2) is 33.5 Å². The van der Waals surface area contributed by atoms with Crippen molar-refractivity contribution in [2.45, 2.75) is 18.9 Å². The summed E-state index contributed by atoms with van der Waals surface area (Å²) in [5.41, 5.74) is 2.66. The Morgan fingerprint density at radius 3 is 2.89 bits per heavy atom. The van der Waals surface area contributed by atoms with E-state index in [0.29, 0.717) is 13.2 Å². The molecule has 0 fully saturated rings. The number of methoxy groups -OCH3 is 2. The first-order valence-corrected chi connectivity index (χ1v) is 6.27. The number of aryl methyl sites for hydroxylation is 1. The van der Waals surface area contributed by atoms with Crippen molar-refractivity contribution in [3.05, 3.63) is 35.4 Å². The molecule has 2 rings (SSSR count). The van der Waals surface area contributed by atoms with Gasteiger partial charge in [-0.3, -0.25) is 0 Å². The van der Waals surface area contributed by atoms with E-state index in [9.17, 15) is 0 Å². The van der Waals surface area contributed by atoms with Gasteiger partial charge >= 0.3 is 0 Å². The molecule has 1 atom stereocenters. The Bertz CT molecular complexity index is 412. The Balaban J connectivity index is 1.95. The van der Waals surface area contributed by atoms with E-state index in [1.165, 1.54) is 11.1 Å². The van der Waals surface area contributed by atoms with Crippen molar-refractivity contribution >= 4 is 6.08 Å². The number of allylic oxidation sites excluding steroid dienone is 1. The van der Waals surface area contributed by atoms with Crippen LogP contribution in [0.2, 0.25) is 0 Å². The van der Waals surface area contributed by atoms with Crippen LogP contribution in [0.1, 0.15) is 17.5 Å². The summed E-state index contributed by atoms with van der Waals surface area (Å²) >= 11 is 0. The van der Waals surface area contributed by atoms with Crippen LogP contribution in [0.15, 0.2) is 24.3 Å². The van der Waals surface area contributed by atoms with Crippen LogP contribution in [0.4, 0.5) is 0 Å². The topological polar surface area (TPSA) is 27.7 Å². The van der Waals surface area contributed by atoms with E-state index in [1.807, 2.05) is 6.07 Å². The Labute approximate surface area is 108 Å². The van der Waals surface area contributed by atoms with Crippen LogP contribution in [0, 0.1) is 0 Å². The van der Waals surface area contributed by atoms with Gasteiger partial charge < -0.3 is 14.2 Å². The minimum absolute atomic E-state index is 0.0223. The molecule has 0 spiro atoms. The fraction of sp³-hybridized carbons (Fsp3) is 0.467. The molecule has 1 aliphatic rings. The van der Waals surface area contributed by atoms with E-state index < -0.39 is 0 Å². The lowest BCUT2D eigenvalue weighted by atomic mass is 9.97. The summed E-state index contributed by atoms with van der Waals surface area (Å²) in [4.78, 5) is 0. The summed E-state index contributed by atoms with van der Waals surface area (Å²) in [5.74, 6) is 0.905. The molecule has 1 aliphatic carbocycles. The first-order valence-electron chi connectivity index (χ1n) is 6.27. The summed E-state index contributed by atoms with van der Waals surface area (Å²) in [6, 6.07) is 6.24. The Morgan fingerprint density at radius 2 is 2.11 bits per heavy atom. The van der Waals surface area contributed by atoms with Crippen LogP contribution in [0.25, 0.3) is 6.08 Å². The standard InChI is InChI=1S/C15H20O3/c1-16-10-15(17-2)11-18-14-8-7-12-5-3-4-6-13(12)9-14/h3,5,7-9,15H,4,6,10-11H2,1-2H3. The smallest absolute Gasteiger partial charge is 0.119 e. The molecular formula is C15H20O3. The van der Waals surface area contributed by atoms with Gasteiger partial charge in [0.2, 0.25) is 0 Å². The second-order valence-corrected chi connectivity index (χ2v) is 4.43. The van der Waals surface area contributed by atoms with Gasteiger partial charge in [0.05, 0.1) is 6.61 Å². The second kappa shape index (κ2) is 6.57. The van der Waals surface area contributed by atoms with Gasteiger partial charge in [-0.05, 0) is 36.1 Å². The van der Waals surface area contributed by atoms with Crippen molar-refractivity contribution in [3.63, 3.8) is 0 Å². The number of ether oxygens (including phenoxy) is 3. The molecule has 0 heterocycles. The van der Waals surface area contributed by atoms with E-state index in [4.69, 9.17) is 14.2 Å². The molecule has 0 saturated carbocycles. The molecule has 0 bridgehead atoms. The fourth-order valence-corrected chi connectivity index (χ4v) is 2.06. The maximum absolute atomic E-state index is 5.75. The quantitative estimate of drug-likeness (QED) is 0.774. The van der Waals surface area contributed by atoms with Gasteiger partial charge in [0, 0.05) is 14.2 Å². The summed E-state index contributed by atoms with van der Waals surface area (Å²) in [6.07, 6.45) is 6.56. The highest BCUT2D eigenvalue weighted by atomic mass is 16.5. The largest absolute Gasteiger partial charge is 0.491 e. The first-order chi connectivity index (χ1) is 8.83. The van der Waals surface area contributed by atoms with Crippen LogP contribution >= 0.6 is 0 Å². The molecule has 1 aromatic rings. The zero-order valence-electron chi connectivity index (χ0n) is 11.0. The molecule has 0 saturated heterocycles. The van der Waals surface area contributed by atoms with E-state index in [2.05, 4.69) is 24.3 Å². The molecule has 0 radical (unpaired) electrons. The Morgan fingerprint density at radius 1 is 1.22 bits per heavy atom. The third-order valence-corrected chi connectivity index (χ3v) is 3.11. The fourth-order valence-electron chi connectivity index (χ4n) is 2.06. The molecule has 3 nitrogen and oxygen atoms in total. The predicted molar refractivity (Wildman–Crippen MR) is 72.0 cm³/mol. The van der Waals surface area contributed by atoms with Crippen molar-refractivity contribution in [1.82, 2.24) is 0 Å². The van der Waals surface area contributed by atoms with Crippen LogP contribution in [0.5, 0.6) is 5.75 Å². The third kappa shape index (κ3) is 3.34. The normalized spacial score (nSPS) is 15.2. The molecule has 1 unspecified atom stereocenters. The van der Waals surface area contributed by atoms with Gasteiger partial charge in [-0.2, -0.15) is 0 Å². The van der Waals surface area contributed by atoms with Crippen molar-refractivity contribution in [2.75, 3.05) is 27.4 Å². The number of hydrogen-bond donors (Lipinski definition) is 0. The Hall–Kier alpha value is -1.32. The molecule has 3 heteroatoms. The van der Waals surface area contributed by atoms with Crippen molar-refractivity contribution < 1.29 is 14.2 Å². The summed E-state index contributed by atoms with van der Waals surface area (Å²) in [5, 5.41) is 0. The second-order valence-electron chi connectivity index (χ2n) is 4.43. The van der Waals surface area contributed by atoms with Gasteiger partial charge in [0.15, 0.2) is 0 Å². The predicted octanol–water partition coefficient (Wildman–Crippen LogP) is 2.69. The highest BCUT2D eigenvalue weighted by Crippen LogP contribution is 2.24. The third-order valence-electron chi connectivity index (χ3n) is 3.11. The minimum atomic E-state index is -0.0223. The summed E-state index contributed by atoms with van der Waals surface area (Å²) in [7, 11) is 3.34. The number of benzene rings is 1. The zero-order chi connectivity index (χ0) is 12.8. The molecule has 18 heavy (non-hydrogen) atoms. The Kier molecular flexibility index (Phi) is 4.79. The maximum Gasteiger partial charge on any atom is 0.119 e. The summed E-state index contributed by atoms with van der Waals surface area (Å²) < 4.78 is 16.1. The van der Waals surface area contributed by atoms with Crippen LogP contribution in [0.3, 0.4) is 0 Å². The molecule has 0 aliphatic heterocycles. The molecular weight excluding hydrogens is 228 g/mol. The van der Waals surface area contributed by atoms with E-state index in [-0.39, 0.29) is 6.10 Å². The number of rotatable bonds is 6. The average molecular weight is 248 g/mol. The summed E-state index contributed by atoms with van der Waals surface area (Å²) in [6.45, 7) is 1.06. The minimum Gasteiger partial charge on any atom is -0.491 e. The van der Waals surface area contributed by atoms with Crippen LogP contribution in [-0.2, 0) is 15.9 Å². The van der Waals surface area contributed by atoms with Gasteiger partial charge in [0.25, 0.3) is 0 Å². The lowest BCUT2D eigenvalue weighted by Crippen LogP contribution is -2.25.